The SMILES string of the molecule is NC(=O)CCCn1c(SCC(=O)O)nc2cc(F)ccc21. The van der Waals surface area contributed by atoms with Gasteiger partial charge in [-0.15, -0.1) is 0 Å². The molecule has 21 heavy (non-hydrogen) atoms. The second kappa shape index (κ2) is 6.57. The fraction of sp³-hybridized carbons (Fsp3) is 0.308. The van der Waals surface area contributed by atoms with Gasteiger partial charge in [-0.1, -0.05) is 11.8 Å². The number of aliphatic carboxylic acids is 1. The van der Waals surface area contributed by atoms with E-state index in [0.717, 1.165) is 11.8 Å². The summed E-state index contributed by atoms with van der Waals surface area (Å²) in [5.41, 5.74) is 6.27. The number of primary amides is 1. The summed E-state index contributed by atoms with van der Waals surface area (Å²) in [6.45, 7) is 0.465. The van der Waals surface area contributed by atoms with Crippen LogP contribution in [-0.2, 0) is 16.1 Å². The van der Waals surface area contributed by atoms with Gasteiger partial charge < -0.3 is 15.4 Å². The molecule has 0 aliphatic rings. The Morgan fingerprint density at radius 1 is 1.43 bits per heavy atom. The summed E-state index contributed by atoms with van der Waals surface area (Å²) in [6, 6.07) is 4.21. The average Bonchev–Trinajstić information content (AvgIpc) is 2.73. The van der Waals surface area contributed by atoms with Crippen molar-refractivity contribution in [2.45, 2.75) is 24.5 Å². The third-order valence-electron chi connectivity index (χ3n) is 2.80. The van der Waals surface area contributed by atoms with E-state index in [2.05, 4.69) is 4.98 Å². The lowest BCUT2D eigenvalue weighted by atomic mass is 10.2. The van der Waals surface area contributed by atoms with E-state index in [1.807, 2.05) is 0 Å². The smallest absolute Gasteiger partial charge is 0.313 e. The Balaban J connectivity index is 2.29. The van der Waals surface area contributed by atoms with Crippen LogP contribution < -0.4 is 5.73 Å². The lowest BCUT2D eigenvalue weighted by Crippen LogP contribution is -2.12. The number of aromatic nitrogens is 2. The van der Waals surface area contributed by atoms with Crippen molar-refractivity contribution in [2.75, 3.05) is 5.75 Å². The molecule has 1 aromatic heterocycles. The largest absolute Gasteiger partial charge is 0.481 e. The van der Waals surface area contributed by atoms with Gasteiger partial charge in [-0.3, -0.25) is 9.59 Å². The molecular weight excluding hydrogens is 297 g/mol. The zero-order valence-corrected chi connectivity index (χ0v) is 11.9. The highest BCUT2D eigenvalue weighted by Crippen LogP contribution is 2.25. The number of halogens is 1. The number of carbonyl (C=O) groups is 2. The summed E-state index contributed by atoms with van der Waals surface area (Å²) in [4.78, 5) is 25.7. The first-order chi connectivity index (χ1) is 9.97. The minimum absolute atomic E-state index is 0.137. The van der Waals surface area contributed by atoms with Gasteiger partial charge in [-0.25, -0.2) is 9.37 Å². The first-order valence-corrected chi connectivity index (χ1v) is 7.24. The highest BCUT2D eigenvalue weighted by molar-refractivity contribution is 7.99. The first-order valence-electron chi connectivity index (χ1n) is 6.26. The number of benzene rings is 1. The molecule has 0 bridgehead atoms. The molecule has 1 amide bonds. The molecule has 0 aliphatic carbocycles. The number of carboxylic acids is 1. The summed E-state index contributed by atoms with van der Waals surface area (Å²) in [5.74, 6) is -1.90. The minimum Gasteiger partial charge on any atom is -0.481 e. The van der Waals surface area contributed by atoms with E-state index in [0.29, 0.717) is 29.2 Å². The predicted octanol–water partition coefficient (Wildman–Crippen LogP) is 1.62. The number of carboxylic acid groups (broad SMARTS) is 1. The number of amides is 1. The van der Waals surface area contributed by atoms with Gasteiger partial charge >= 0.3 is 5.97 Å². The Morgan fingerprint density at radius 2 is 2.19 bits per heavy atom. The lowest BCUT2D eigenvalue weighted by Gasteiger charge is -2.07. The van der Waals surface area contributed by atoms with Crippen molar-refractivity contribution in [3.8, 4) is 0 Å². The molecule has 0 atom stereocenters. The van der Waals surface area contributed by atoms with Crippen LogP contribution in [0, 0.1) is 5.82 Å². The molecule has 0 saturated heterocycles. The van der Waals surface area contributed by atoms with Crippen molar-refractivity contribution in [3.05, 3.63) is 24.0 Å². The number of hydrogen-bond donors (Lipinski definition) is 2. The molecule has 8 heteroatoms. The van der Waals surface area contributed by atoms with Crippen molar-refractivity contribution < 1.29 is 19.1 Å². The van der Waals surface area contributed by atoms with E-state index in [4.69, 9.17) is 10.8 Å². The molecule has 0 radical (unpaired) electrons. The van der Waals surface area contributed by atoms with Crippen molar-refractivity contribution in [2.24, 2.45) is 5.73 Å². The zero-order valence-electron chi connectivity index (χ0n) is 11.1. The van der Waals surface area contributed by atoms with Gasteiger partial charge in [0.1, 0.15) is 5.82 Å². The van der Waals surface area contributed by atoms with E-state index in [1.54, 1.807) is 10.6 Å². The Kier molecular flexibility index (Phi) is 4.79. The van der Waals surface area contributed by atoms with Crippen molar-refractivity contribution >= 4 is 34.7 Å². The topological polar surface area (TPSA) is 98.2 Å². The fourth-order valence-electron chi connectivity index (χ4n) is 1.94. The molecule has 0 aliphatic heterocycles. The van der Waals surface area contributed by atoms with Crippen LogP contribution in [0.2, 0.25) is 0 Å². The number of carbonyl (C=O) groups excluding carboxylic acids is 1. The van der Waals surface area contributed by atoms with Gasteiger partial charge in [0, 0.05) is 19.0 Å². The number of nitrogens with zero attached hydrogens (tertiary/aromatic N) is 2. The van der Waals surface area contributed by atoms with E-state index < -0.39 is 17.7 Å². The van der Waals surface area contributed by atoms with Crippen LogP contribution >= 0.6 is 11.8 Å². The predicted molar refractivity (Wildman–Crippen MR) is 76.5 cm³/mol. The van der Waals surface area contributed by atoms with Crippen LogP contribution in [0.25, 0.3) is 11.0 Å². The zero-order chi connectivity index (χ0) is 15.4. The number of thioether (sulfide) groups is 1. The normalized spacial score (nSPS) is 10.9. The van der Waals surface area contributed by atoms with Gasteiger partial charge in [-0.2, -0.15) is 0 Å². The van der Waals surface area contributed by atoms with Crippen LogP contribution in [0.5, 0.6) is 0 Å². The maximum absolute atomic E-state index is 13.2. The fourth-order valence-corrected chi connectivity index (χ4v) is 2.71. The maximum Gasteiger partial charge on any atom is 0.313 e. The molecule has 3 N–H and O–H groups in total. The standard InChI is InChI=1S/C13H14FN3O3S/c14-8-3-4-10-9(6-8)16-13(21-7-12(19)20)17(10)5-1-2-11(15)18/h3-4,6H,1-2,5,7H2,(H2,15,18)(H,19,20). The number of rotatable bonds is 7. The molecule has 112 valence electrons. The van der Waals surface area contributed by atoms with Gasteiger partial charge in [0.05, 0.1) is 16.8 Å². The van der Waals surface area contributed by atoms with Crippen molar-refractivity contribution in [1.82, 2.24) is 9.55 Å². The van der Waals surface area contributed by atoms with E-state index in [9.17, 15) is 14.0 Å². The van der Waals surface area contributed by atoms with Gasteiger partial charge in [-0.05, 0) is 18.6 Å². The average molecular weight is 311 g/mol. The Hall–Kier alpha value is -2.09. The van der Waals surface area contributed by atoms with Gasteiger partial charge in [0.15, 0.2) is 5.16 Å². The molecule has 0 saturated carbocycles. The van der Waals surface area contributed by atoms with Crippen LogP contribution in [0.15, 0.2) is 23.4 Å². The Bertz CT molecular complexity index is 687. The Morgan fingerprint density at radius 3 is 2.86 bits per heavy atom. The molecule has 0 fully saturated rings. The minimum atomic E-state index is -0.957. The second-order valence-corrected chi connectivity index (χ2v) is 5.37. The number of fused-ring (bicyclic) bond motifs is 1. The Labute approximate surface area is 124 Å². The van der Waals surface area contributed by atoms with Crippen LogP contribution in [0.3, 0.4) is 0 Å². The lowest BCUT2D eigenvalue weighted by molar-refractivity contribution is -0.133. The van der Waals surface area contributed by atoms with Crippen molar-refractivity contribution in [1.29, 1.82) is 0 Å². The van der Waals surface area contributed by atoms with Gasteiger partial charge in [0.25, 0.3) is 0 Å². The molecule has 1 aromatic carbocycles. The monoisotopic (exact) mass is 311 g/mol. The number of imidazole rings is 1. The quantitative estimate of drug-likeness (QED) is 0.757. The summed E-state index contributed by atoms with van der Waals surface area (Å²) < 4.78 is 15.0. The number of aryl methyl sites for hydroxylation is 1. The van der Waals surface area contributed by atoms with E-state index in [1.165, 1.54) is 12.1 Å². The first kappa shape index (κ1) is 15.3. The highest BCUT2D eigenvalue weighted by Gasteiger charge is 2.13. The molecule has 1 heterocycles. The molecular formula is C13H14FN3O3S. The summed E-state index contributed by atoms with van der Waals surface area (Å²) in [7, 11) is 0. The molecule has 6 nitrogen and oxygen atoms in total. The molecule has 0 spiro atoms. The van der Waals surface area contributed by atoms with E-state index in [-0.39, 0.29) is 12.2 Å². The van der Waals surface area contributed by atoms with Crippen molar-refractivity contribution in [3.63, 3.8) is 0 Å². The maximum atomic E-state index is 13.2. The number of hydrogen-bond acceptors (Lipinski definition) is 4. The van der Waals surface area contributed by atoms with Gasteiger partial charge in [0.2, 0.25) is 5.91 Å². The molecule has 0 unspecified atom stereocenters. The summed E-state index contributed by atoms with van der Waals surface area (Å²) in [6.07, 6.45) is 0.739. The third kappa shape index (κ3) is 3.94. The summed E-state index contributed by atoms with van der Waals surface area (Å²) in [5, 5.41) is 9.24. The molecule has 2 rings (SSSR count). The van der Waals surface area contributed by atoms with Crippen LogP contribution in [0.1, 0.15) is 12.8 Å². The van der Waals surface area contributed by atoms with E-state index >= 15 is 0 Å². The second-order valence-electron chi connectivity index (χ2n) is 4.43. The van der Waals surface area contributed by atoms with Crippen LogP contribution in [0.4, 0.5) is 4.39 Å². The summed E-state index contributed by atoms with van der Waals surface area (Å²) >= 11 is 1.06. The molecule has 2 aromatic rings. The van der Waals surface area contributed by atoms with Crippen LogP contribution in [-0.4, -0.2) is 32.3 Å². The third-order valence-corrected chi connectivity index (χ3v) is 3.77. The number of nitrogens with two attached hydrogens (primary N) is 1. The highest BCUT2D eigenvalue weighted by atomic mass is 32.2.